The van der Waals surface area contributed by atoms with Crippen molar-refractivity contribution < 1.29 is 22.3 Å². The Morgan fingerprint density at radius 1 is 1.14 bits per heavy atom. The lowest BCUT2D eigenvalue weighted by molar-refractivity contribution is -0.153. The molecule has 0 aliphatic carbocycles. The largest absolute Gasteiger partial charge is 0.484 e. The molecule has 0 aliphatic rings. The Balaban J connectivity index is 1.81. The van der Waals surface area contributed by atoms with Crippen LogP contribution in [0.1, 0.15) is 5.56 Å². The van der Waals surface area contributed by atoms with E-state index in [-0.39, 0.29) is 28.8 Å². The highest BCUT2D eigenvalue weighted by molar-refractivity contribution is 6.43. The number of anilines is 1. The first kappa shape index (κ1) is 20.2. The first-order valence-corrected chi connectivity index (χ1v) is 8.45. The number of ether oxygens (including phenoxy) is 1. The Kier molecular flexibility index (Phi) is 5.90. The molecule has 0 radical (unpaired) electrons. The van der Waals surface area contributed by atoms with Crippen molar-refractivity contribution in [3.8, 4) is 11.4 Å². The lowest BCUT2D eigenvalue weighted by Crippen LogP contribution is -2.20. The fourth-order valence-electron chi connectivity index (χ4n) is 2.26. The Bertz CT molecular complexity index is 980. The number of halogens is 6. The average Bonchev–Trinajstić information content (AvgIpc) is 3.09. The maximum absolute atomic E-state index is 13.4. The van der Waals surface area contributed by atoms with E-state index < -0.39 is 18.6 Å². The van der Waals surface area contributed by atoms with E-state index in [0.717, 1.165) is 12.1 Å². The van der Waals surface area contributed by atoms with E-state index in [9.17, 15) is 17.6 Å². The zero-order chi connectivity index (χ0) is 20.3. The summed E-state index contributed by atoms with van der Waals surface area (Å²) in [4.78, 5) is 0. The number of benzene rings is 2. The van der Waals surface area contributed by atoms with Crippen molar-refractivity contribution in [2.24, 2.45) is 0 Å². The lowest BCUT2D eigenvalue weighted by Gasteiger charge is -2.14. The Labute approximate surface area is 166 Å². The lowest BCUT2D eigenvalue weighted by atomic mass is 10.2. The molecule has 0 spiro atoms. The van der Waals surface area contributed by atoms with Gasteiger partial charge in [-0.3, -0.25) is 0 Å². The summed E-state index contributed by atoms with van der Waals surface area (Å²) in [7, 11) is 0. The van der Waals surface area contributed by atoms with Crippen LogP contribution >= 0.6 is 23.2 Å². The molecule has 12 heteroatoms. The molecule has 1 heterocycles. The number of nitrogens with zero attached hydrogens (tertiary/aromatic N) is 4. The molecule has 0 saturated heterocycles. The van der Waals surface area contributed by atoms with E-state index in [0.29, 0.717) is 10.7 Å². The van der Waals surface area contributed by atoms with Crippen LogP contribution in [0.3, 0.4) is 0 Å². The minimum atomic E-state index is -4.55. The summed E-state index contributed by atoms with van der Waals surface area (Å²) in [6, 6.07) is 8.15. The van der Waals surface area contributed by atoms with Gasteiger partial charge in [0.25, 0.3) is 0 Å². The van der Waals surface area contributed by atoms with E-state index >= 15 is 0 Å². The smallest absolute Gasteiger partial charge is 0.422 e. The third-order valence-corrected chi connectivity index (χ3v) is 4.30. The van der Waals surface area contributed by atoms with Gasteiger partial charge in [0.2, 0.25) is 5.95 Å². The fourth-order valence-corrected chi connectivity index (χ4v) is 2.63. The van der Waals surface area contributed by atoms with Gasteiger partial charge in [-0.25, -0.2) is 4.39 Å². The molecule has 0 aliphatic heterocycles. The average molecular weight is 436 g/mol. The minimum Gasteiger partial charge on any atom is -0.484 e. The fraction of sp³-hybridized carbons (Fsp3) is 0.188. The van der Waals surface area contributed by atoms with Gasteiger partial charge < -0.3 is 10.1 Å². The summed E-state index contributed by atoms with van der Waals surface area (Å²) in [5, 5.41) is 14.5. The maximum atomic E-state index is 13.4. The standard InChI is InChI=1S/C16H11Cl2F4N5O/c17-11-2-1-3-12(14(11)18)27-15(24-25-26-27)23-7-9-4-5-10(19)6-13(9)28-8-16(20,21)22/h1-6H,7-8H2,(H,23,24,26). The quantitative estimate of drug-likeness (QED) is 0.570. The van der Waals surface area contributed by atoms with Crippen molar-refractivity contribution >= 4 is 29.2 Å². The normalized spacial score (nSPS) is 11.5. The summed E-state index contributed by atoms with van der Waals surface area (Å²) in [6.45, 7) is -1.58. The summed E-state index contributed by atoms with van der Waals surface area (Å²) >= 11 is 12.1. The molecule has 6 nitrogen and oxygen atoms in total. The predicted octanol–water partition coefficient (Wildman–Crippen LogP) is 4.66. The van der Waals surface area contributed by atoms with Crippen LogP contribution in [-0.2, 0) is 6.54 Å². The van der Waals surface area contributed by atoms with Gasteiger partial charge in [0.05, 0.1) is 15.7 Å². The van der Waals surface area contributed by atoms with Crippen LogP contribution in [0.15, 0.2) is 36.4 Å². The van der Waals surface area contributed by atoms with Gasteiger partial charge in [-0.15, -0.1) is 0 Å². The molecule has 0 amide bonds. The predicted molar refractivity (Wildman–Crippen MR) is 94.5 cm³/mol. The van der Waals surface area contributed by atoms with Crippen molar-refractivity contribution in [1.29, 1.82) is 0 Å². The first-order valence-electron chi connectivity index (χ1n) is 7.69. The van der Waals surface area contributed by atoms with Crippen LogP contribution in [0, 0.1) is 5.82 Å². The molecular formula is C16H11Cl2F4N5O. The maximum Gasteiger partial charge on any atom is 0.422 e. The van der Waals surface area contributed by atoms with E-state index in [4.69, 9.17) is 27.9 Å². The zero-order valence-electron chi connectivity index (χ0n) is 13.8. The van der Waals surface area contributed by atoms with Gasteiger partial charge in [-0.05, 0) is 28.6 Å². The Morgan fingerprint density at radius 3 is 2.68 bits per heavy atom. The number of alkyl halides is 3. The first-order chi connectivity index (χ1) is 13.2. The van der Waals surface area contributed by atoms with Crippen LogP contribution in [0.2, 0.25) is 10.0 Å². The third-order valence-electron chi connectivity index (χ3n) is 3.49. The number of hydrogen-bond donors (Lipinski definition) is 1. The zero-order valence-corrected chi connectivity index (χ0v) is 15.4. The molecule has 2 aromatic carbocycles. The molecule has 3 aromatic rings. The van der Waals surface area contributed by atoms with Gasteiger partial charge in [0.15, 0.2) is 6.61 Å². The molecule has 1 N–H and O–H groups in total. The van der Waals surface area contributed by atoms with Crippen molar-refractivity contribution in [2.45, 2.75) is 12.7 Å². The van der Waals surface area contributed by atoms with Gasteiger partial charge in [0.1, 0.15) is 11.6 Å². The molecule has 148 valence electrons. The second kappa shape index (κ2) is 8.19. The molecule has 0 saturated carbocycles. The third kappa shape index (κ3) is 4.82. The number of hydrogen-bond acceptors (Lipinski definition) is 5. The molecule has 28 heavy (non-hydrogen) atoms. The van der Waals surface area contributed by atoms with Gasteiger partial charge in [-0.2, -0.15) is 17.9 Å². The highest BCUT2D eigenvalue weighted by Crippen LogP contribution is 2.29. The number of tetrazole rings is 1. The summed E-state index contributed by atoms with van der Waals surface area (Å²) < 4.78 is 56.6. The van der Waals surface area contributed by atoms with Crippen LogP contribution in [0.5, 0.6) is 5.75 Å². The van der Waals surface area contributed by atoms with E-state index in [1.807, 2.05) is 0 Å². The van der Waals surface area contributed by atoms with Crippen molar-refractivity contribution in [1.82, 2.24) is 20.2 Å². The Morgan fingerprint density at radius 2 is 1.93 bits per heavy atom. The van der Waals surface area contributed by atoms with Crippen LogP contribution < -0.4 is 10.1 Å². The van der Waals surface area contributed by atoms with Crippen molar-refractivity contribution in [3.63, 3.8) is 0 Å². The second-order valence-electron chi connectivity index (χ2n) is 5.50. The molecule has 3 rings (SSSR count). The van der Waals surface area contributed by atoms with Crippen LogP contribution in [0.4, 0.5) is 23.5 Å². The molecule has 1 aromatic heterocycles. The van der Waals surface area contributed by atoms with Crippen LogP contribution in [-0.4, -0.2) is 33.0 Å². The molecular weight excluding hydrogens is 425 g/mol. The monoisotopic (exact) mass is 435 g/mol. The highest BCUT2D eigenvalue weighted by Gasteiger charge is 2.29. The van der Waals surface area contributed by atoms with Crippen molar-refractivity contribution in [3.05, 3.63) is 57.8 Å². The summed E-state index contributed by atoms with van der Waals surface area (Å²) in [5.74, 6) is -0.823. The number of aromatic nitrogens is 4. The van der Waals surface area contributed by atoms with Gasteiger partial charge in [0, 0.05) is 18.2 Å². The van der Waals surface area contributed by atoms with Crippen LogP contribution in [0.25, 0.3) is 5.69 Å². The topological polar surface area (TPSA) is 64.9 Å². The van der Waals surface area contributed by atoms with Gasteiger partial charge >= 0.3 is 6.18 Å². The van der Waals surface area contributed by atoms with E-state index in [1.54, 1.807) is 18.2 Å². The molecule has 0 atom stereocenters. The summed E-state index contributed by atoms with van der Waals surface area (Å²) in [6.07, 6.45) is -4.55. The highest BCUT2D eigenvalue weighted by atomic mass is 35.5. The summed E-state index contributed by atoms with van der Waals surface area (Å²) in [5.41, 5.74) is 0.673. The van der Waals surface area contributed by atoms with Crippen molar-refractivity contribution in [2.75, 3.05) is 11.9 Å². The number of nitrogens with one attached hydrogen (secondary N) is 1. The van der Waals surface area contributed by atoms with E-state index in [2.05, 4.69) is 20.8 Å². The Hall–Kier alpha value is -2.59. The van der Waals surface area contributed by atoms with E-state index in [1.165, 1.54) is 10.7 Å². The molecule has 0 fully saturated rings. The van der Waals surface area contributed by atoms with Gasteiger partial charge in [-0.1, -0.05) is 40.4 Å². The molecule has 0 bridgehead atoms. The number of rotatable bonds is 6. The minimum absolute atomic E-state index is 0.0357. The second-order valence-corrected chi connectivity index (χ2v) is 6.28. The SMILES string of the molecule is Fc1ccc(CNc2nnnn2-c2cccc(Cl)c2Cl)c(OCC(F)(F)F)c1. The molecule has 0 unspecified atom stereocenters.